The third-order valence-electron chi connectivity index (χ3n) is 2.43. The van der Waals surface area contributed by atoms with E-state index in [1.165, 1.54) is 0 Å². The standard InChI is InChI=1S/C13H15NO3/c1-3-16-11-6-4-5-10(7-11)13-14-12(8-15)9(2)17-13/h4-7,15H,3,8H2,1-2H3. The highest BCUT2D eigenvalue weighted by atomic mass is 16.5. The smallest absolute Gasteiger partial charge is 0.226 e. The van der Waals surface area contributed by atoms with Gasteiger partial charge >= 0.3 is 0 Å². The van der Waals surface area contributed by atoms with Crippen molar-refractivity contribution in [2.75, 3.05) is 6.61 Å². The molecule has 0 radical (unpaired) electrons. The Morgan fingerprint density at radius 2 is 2.24 bits per heavy atom. The second-order valence-electron chi connectivity index (χ2n) is 3.64. The average Bonchev–Trinajstić information content (AvgIpc) is 2.71. The molecule has 0 spiro atoms. The lowest BCUT2D eigenvalue weighted by Gasteiger charge is -2.03. The van der Waals surface area contributed by atoms with E-state index in [1.54, 1.807) is 6.92 Å². The zero-order chi connectivity index (χ0) is 12.3. The molecular weight excluding hydrogens is 218 g/mol. The SMILES string of the molecule is CCOc1cccc(-c2nc(CO)c(C)o2)c1. The lowest BCUT2D eigenvalue weighted by Crippen LogP contribution is -1.91. The van der Waals surface area contributed by atoms with Gasteiger partial charge in [-0.15, -0.1) is 0 Å². The summed E-state index contributed by atoms with van der Waals surface area (Å²) in [6.07, 6.45) is 0. The Hall–Kier alpha value is -1.81. The van der Waals surface area contributed by atoms with Gasteiger partial charge in [-0.05, 0) is 32.0 Å². The van der Waals surface area contributed by atoms with Crippen LogP contribution in [0.4, 0.5) is 0 Å². The highest BCUT2D eigenvalue weighted by molar-refractivity contribution is 5.56. The van der Waals surface area contributed by atoms with Gasteiger partial charge in [-0.1, -0.05) is 6.07 Å². The minimum Gasteiger partial charge on any atom is -0.494 e. The van der Waals surface area contributed by atoms with Gasteiger partial charge in [-0.3, -0.25) is 0 Å². The Bertz CT molecular complexity index is 505. The molecule has 0 saturated carbocycles. The Morgan fingerprint density at radius 3 is 2.88 bits per heavy atom. The lowest BCUT2D eigenvalue weighted by atomic mass is 10.2. The molecule has 17 heavy (non-hydrogen) atoms. The summed E-state index contributed by atoms with van der Waals surface area (Å²) < 4.78 is 10.9. The zero-order valence-corrected chi connectivity index (χ0v) is 9.93. The van der Waals surface area contributed by atoms with Gasteiger partial charge in [-0.2, -0.15) is 0 Å². The largest absolute Gasteiger partial charge is 0.494 e. The van der Waals surface area contributed by atoms with Crippen LogP contribution in [-0.2, 0) is 6.61 Å². The first-order valence-electron chi connectivity index (χ1n) is 5.55. The minimum atomic E-state index is -0.111. The summed E-state index contributed by atoms with van der Waals surface area (Å²) in [6, 6.07) is 7.54. The third-order valence-corrected chi connectivity index (χ3v) is 2.43. The molecule has 1 aromatic carbocycles. The van der Waals surface area contributed by atoms with E-state index in [1.807, 2.05) is 31.2 Å². The van der Waals surface area contributed by atoms with Gasteiger partial charge in [0, 0.05) is 5.56 Å². The summed E-state index contributed by atoms with van der Waals surface area (Å²) in [5.74, 6) is 1.93. The summed E-state index contributed by atoms with van der Waals surface area (Å²) in [5, 5.41) is 9.07. The fourth-order valence-corrected chi connectivity index (χ4v) is 1.58. The topological polar surface area (TPSA) is 55.5 Å². The molecule has 4 heteroatoms. The molecule has 1 N–H and O–H groups in total. The molecule has 90 valence electrons. The number of aliphatic hydroxyl groups is 1. The number of benzene rings is 1. The average molecular weight is 233 g/mol. The number of oxazole rings is 1. The van der Waals surface area contributed by atoms with Crippen molar-refractivity contribution in [1.29, 1.82) is 0 Å². The zero-order valence-electron chi connectivity index (χ0n) is 9.93. The van der Waals surface area contributed by atoms with Crippen LogP contribution < -0.4 is 4.74 Å². The molecular formula is C13H15NO3. The van der Waals surface area contributed by atoms with Crippen LogP contribution in [0.2, 0.25) is 0 Å². The molecule has 1 aromatic heterocycles. The monoisotopic (exact) mass is 233 g/mol. The number of rotatable bonds is 4. The number of nitrogens with zero attached hydrogens (tertiary/aromatic N) is 1. The van der Waals surface area contributed by atoms with Gasteiger partial charge in [0.25, 0.3) is 0 Å². The molecule has 0 aliphatic carbocycles. The summed E-state index contributed by atoms with van der Waals surface area (Å²) in [6.45, 7) is 4.23. The predicted molar refractivity (Wildman–Crippen MR) is 63.8 cm³/mol. The van der Waals surface area contributed by atoms with Crippen LogP contribution in [0.3, 0.4) is 0 Å². The number of ether oxygens (including phenoxy) is 1. The summed E-state index contributed by atoms with van der Waals surface area (Å²) in [5.41, 5.74) is 1.42. The van der Waals surface area contributed by atoms with Crippen molar-refractivity contribution in [3.8, 4) is 17.2 Å². The summed E-state index contributed by atoms with van der Waals surface area (Å²) in [7, 11) is 0. The minimum absolute atomic E-state index is 0.111. The van der Waals surface area contributed by atoms with E-state index >= 15 is 0 Å². The maximum Gasteiger partial charge on any atom is 0.226 e. The first kappa shape index (κ1) is 11.7. The van der Waals surface area contributed by atoms with E-state index < -0.39 is 0 Å². The van der Waals surface area contributed by atoms with Crippen LogP contribution in [0.15, 0.2) is 28.7 Å². The van der Waals surface area contributed by atoms with E-state index in [-0.39, 0.29) is 6.61 Å². The fraction of sp³-hybridized carbons (Fsp3) is 0.308. The Labute approximate surface area is 99.9 Å². The fourth-order valence-electron chi connectivity index (χ4n) is 1.58. The van der Waals surface area contributed by atoms with Gasteiger partial charge in [0.15, 0.2) is 0 Å². The normalized spacial score (nSPS) is 10.5. The van der Waals surface area contributed by atoms with Crippen molar-refractivity contribution >= 4 is 0 Å². The van der Waals surface area contributed by atoms with Crippen LogP contribution in [0.25, 0.3) is 11.5 Å². The van der Waals surface area contributed by atoms with Gasteiger partial charge in [-0.25, -0.2) is 4.98 Å². The van der Waals surface area contributed by atoms with Crippen molar-refractivity contribution in [3.05, 3.63) is 35.7 Å². The first-order valence-corrected chi connectivity index (χ1v) is 5.55. The summed E-state index contributed by atoms with van der Waals surface area (Å²) in [4.78, 5) is 4.23. The number of aryl methyl sites for hydroxylation is 1. The lowest BCUT2D eigenvalue weighted by molar-refractivity contribution is 0.275. The van der Waals surface area contributed by atoms with E-state index in [2.05, 4.69) is 4.98 Å². The second-order valence-corrected chi connectivity index (χ2v) is 3.64. The molecule has 0 aliphatic rings. The molecule has 1 heterocycles. The van der Waals surface area contributed by atoms with Crippen LogP contribution in [0, 0.1) is 6.92 Å². The van der Waals surface area contributed by atoms with Crippen LogP contribution in [0.1, 0.15) is 18.4 Å². The maximum atomic E-state index is 9.07. The molecule has 0 aliphatic heterocycles. The van der Waals surface area contributed by atoms with E-state index in [4.69, 9.17) is 14.3 Å². The molecule has 0 atom stereocenters. The Morgan fingerprint density at radius 1 is 1.41 bits per heavy atom. The van der Waals surface area contributed by atoms with Crippen molar-refractivity contribution in [2.24, 2.45) is 0 Å². The van der Waals surface area contributed by atoms with Crippen molar-refractivity contribution in [1.82, 2.24) is 4.98 Å². The molecule has 0 unspecified atom stereocenters. The molecule has 2 rings (SSSR count). The molecule has 2 aromatic rings. The van der Waals surface area contributed by atoms with Gasteiger partial charge in [0.1, 0.15) is 17.2 Å². The number of hydrogen-bond acceptors (Lipinski definition) is 4. The highest BCUT2D eigenvalue weighted by Gasteiger charge is 2.10. The van der Waals surface area contributed by atoms with Crippen molar-refractivity contribution < 1.29 is 14.3 Å². The van der Waals surface area contributed by atoms with Crippen molar-refractivity contribution in [2.45, 2.75) is 20.5 Å². The number of aromatic nitrogens is 1. The maximum absolute atomic E-state index is 9.07. The van der Waals surface area contributed by atoms with Crippen LogP contribution >= 0.6 is 0 Å². The molecule has 4 nitrogen and oxygen atoms in total. The first-order chi connectivity index (χ1) is 8.24. The molecule has 0 amide bonds. The third kappa shape index (κ3) is 2.47. The van der Waals surface area contributed by atoms with Crippen LogP contribution in [-0.4, -0.2) is 16.7 Å². The number of aliphatic hydroxyl groups excluding tert-OH is 1. The quantitative estimate of drug-likeness (QED) is 0.881. The Kier molecular flexibility index (Phi) is 3.44. The highest BCUT2D eigenvalue weighted by Crippen LogP contribution is 2.25. The summed E-state index contributed by atoms with van der Waals surface area (Å²) >= 11 is 0. The number of hydrogen-bond donors (Lipinski definition) is 1. The van der Waals surface area contributed by atoms with Crippen molar-refractivity contribution in [3.63, 3.8) is 0 Å². The van der Waals surface area contributed by atoms with E-state index in [9.17, 15) is 0 Å². The molecule has 0 saturated heterocycles. The van der Waals surface area contributed by atoms with Gasteiger partial charge in [0.05, 0.1) is 13.2 Å². The van der Waals surface area contributed by atoms with Gasteiger partial charge in [0.2, 0.25) is 5.89 Å². The molecule has 0 fully saturated rings. The van der Waals surface area contributed by atoms with E-state index in [0.29, 0.717) is 24.0 Å². The van der Waals surface area contributed by atoms with Gasteiger partial charge < -0.3 is 14.3 Å². The van der Waals surface area contributed by atoms with E-state index in [0.717, 1.165) is 11.3 Å². The second kappa shape index (κ2) is 5.01. The molecule has 0 bridgehead atoms. The Balaban J connectivity index is 2.34. The predicted octanol–water partition coefficient (Wildman–Crippen LogP) is 2.54. The van der Waals surface area contributed by atoms with Crippen LogP contribution in [0.5, 0.6) is 5.75 Å².